The molecule has 1 aromatic heterocycles. The number of hydrogen-bond donors (Lipinski definition) is 0. The Morgan fingerprint density at radius 1 is 1.09 bits per heavy atom. The summed E-state index contributed by atoms with van der Waals surface area (Å²) in [7, 11) is 0. The summed E-state index contributed by atoms with van der Waals surface area (Å²) in [4.78, 5) is 16.6. The second-order valence-electron chi connectivity index (χ2n) is 6.67. The van der Waals surface area contributed by atoms with Crippen LogP contribution in [-0.4, -0.2) is 42.9 Å². The predicted octanol–water partition coefficient (Wildman–Crippen LogP) is 2.93. The Labute approximate surface area is 135 Å². The van der Waals surface area contributed by atoms with E-state index >= 15 is 0 Å². The van der Waals surface area contributed by atoms with Crippen molar-refractivity contribution in [2.24, 2.45) is 0 Å². The number of hydrogen-bond acceptors (Lipinski definition) is 4. The zero-order valence-electron chi connectivity index (χ0n) is 12.9. The number of ether oxygens (including phenoxy) is 2. The van der Waals surface area contributed by atoms with Crippen molar-refractivity contribution in [2.75, 3.05) is 26.3 Å². The second-order valence-corrected chi connectivity index (χ2v) is 7.61. The number of carbonyl (C=O) groups excluding carboxylic acids is 1. The van der Waals surface area contributed by atoms with Gasteiger partial charge < -0.3 is 14.4 Å². The van der Waals surface area contributed by atoms with E-state index in [9.17, 15) is 4.79 Å². The van der Waals surface area contributed by atoms with E-state index in [-0.39, 0.29) is 5.41 Å². The minimum atomic E-state index is -0.400. The van der Waals surface area contributed by atoms with Crippen molar-refractivity contribution in [1.29, 1.82) is 0 Å². The zero-order valence-corrected chi connectivity index (χ0v) is 13.7. The van der Waals surface area contributed by atoms with Crippen molar-refractivity contribution >= 4 is 17.2 Å². The topological polar surface area (TPSA) is 38.8 Å². The quantitative estimate of drug-likeness (QED) is 0.841. The molecule has 0 N–H and O–H groups in total. The molecule has 5 heteroatoms. The zero-order chi connectivity index (χ0) is 15.0. The molecule has 1 aromatic rings. The summed E-state index contributed by atoms with van der Waals surface area (Å²) in [6.07, 6.45) is 5.93. The minimum absolute atomic E-state index is 0.254. The number of carbonyl (C=O) groups is 1. The molecule has 1 spiro atoms. The van der Waals surface area contributed by atoms with Gasteiger partial charge in [-0.25, -0.2) is 0 Å². The fourth-order valence-electron chi connectivity index (χ4n) is 4.23. The maximum absolute atomic E-state index is 13.3. The van der Waals surface area contributed by atoms with Gasteiger partial charge in [0, 0.05) is 30.8 Å². The van der Waals surface area contributed by atoms with E-state index in [0.29, 0.717) is 19.1 Å². The van der Waals surface area contributed by atoms with Gasteiger partial charge in [0.05, 0.1) is 18.6 Å². The van der Waals surface area contributed by atoms with E-state index in [0.717, 1.165) is 51.6 Å². The molecule has 2 aliphatic heterocycles. The Balaban J connectivity index is 1.51. The van der Waals surface area contributed by atoms with E-state index in [1.807, 2.05) is 0 Å². The standard InChI is InChI=1S/C17H23NO3S/c19-15(16(5-1-2-6-16)14-4-3-13-22-14)18-9-7-17(8-10-18)20-11-12-21-17/h3-4,13H,1-2,5-12H2. The van der Waals surface area contributed by atoms with Crippen molar-refractivity contribution in [3.8, 4) is 0 Å². The van der Waals surface area contributed by atoms with Crippen LogP contribution < -0.4 is 0 Å². The van der Waals surface area contributed by atoms with Crippen molar-refractivity contribution in [2.45, 2.75) is 49.7 Å². The highest BCUT2D eigenvalue weighted by atomic mass is 32.1. The van der Waals surface area contributed by atoms with Crippen LogP contribution in [0.15, 0.2) is 17.5 Å². The van der Waals surface area contributed by atoms with Crippen molar-refractivity contribution in [3.05, 3.63) is 22.4 Å². The highest BCUT2D eigenvalue weighted by molar-refractivity contribution is 7.10. The Hall–Kier alpha value is -0.910. The van der Waals surface area contributed by atoms with E-state index in [2.05, 4.69) is 22.4 Å². The highest BCUT2D eigenvalue weighted by Crippen LogP contribution is 2.45. The molecule has 1 amide bonds. The molecule has 0 unspecified atom stereocenters. The van der Waals surface area contributed by atoms with E-state index in [1.54, 1.807) is 11.3 Å². The molecule has 22 heavy (non-hydrogen) atoms. The largest absolute Gasteiger partial charge is 0.347 e. The lowest BCUT2D eigenvalue weighted by molar-refractivity contribution is -0.188. The van der Waals surface area contributed by atoms with Crippen LogP contribution in [0.5, 0.6) is 0 Å². The molecule has 4 nitrogen and oxygen atoms in total. The Morgan fingerprint density at radius 3 is 2.36 bits per heavy atom. The summed E-state index contributed by atoms with van der Waals surface area (Å²) in [5.41, 5.74) is -0.254. The maximum Gasteiger partial charge on any atom is 0.234 e. The third-order valence-electron chi connectivity index (χ3n) is 5.49. The molecule has 3 heterocycles. The van der Waals surface area contributed by atoms with E-state index in [4.69, 9.17) is 9.47 Å². The van der Waals surface area contributed by atoms with E-state index in [1.165, 1.54) is 4.88 Å². The Morgan fingerprint density at radius 2 is 1.77 bits per heavy atom. The van der Waals surface area contributed by atoms with Crippen LogP contribution >= 0.6 is 11.3 Å². The summed E-state index contributed by atoms with van der Waals surface area (Å²) in [6, 6.07) is 4.21. The lowest BCUT2D eigenvalue weighted by Crippen LogP contribution is -2.52. The summed E-state index contributed by atoms with van der Waals surface area (Å²) in [6.45, 7) is 2.89. The third-order valence-corrected chi connectivity index (χ3v) is 6.56. The molecule has 2 saturated heterocycles. The number of amides is 1. The molecular weight excluding hydrogens is 298 g/mol. The number of rotatable bonds is 2. The molecule has 3 aliphatic rings. The SMILES string of the molecule is O=C(N1CCC2(CC1)OCCO2)C1(c2cccs2)CCCC1. The molecule has 0 aromatic carbocycles. The van der Waals surface area contributed by atoms with Crippen LogP contribution in [0.1, 0.15) is 43.4 Å². The molecule has 1 aliphatic carbocycles. The molecule has 0 atom stereocenters. The normalized spacial score (nSPS) is 26.6. The van der Waals surface area contributed by atoms with Gasteiger partial charge in [-0.05, 0) is 24.3 Å². The average molecular weight is 321 g/mol. The summed E-state index contributed by atoms with van der Waals surface area (Å²) >= 11 is 1.73. The summed E-state index contributed by atoms with van der Waals surface area (Å²) < 4.78 is 11.5. The number of likely N-dealkylation sites (tertiary alicyclic amines) is 1. The summed E-state index contributed by atoms with van der Waals surface area (Å²) in [5.74, 6) is -0.0666. The number of nitrogens with zero attached hydrogens (tertiary/aromatic N) is 1. The Bertz CT molecular complexity index is 520. The van der Waals surface area contributed by atoms with E-state index < -0.39 is 5.79 Å². The second kappa shape index (κ2) is 5.62. The lowest BCUT2D eigenvalue weighted by Gasteiger charge is -2.41. The molecule has 4 rings (SSSR count). The molecule has 1 saturated carbocycles. The van der Waals surface area contributed by atoms with Gasteiger partial charge in [-0.3, -0.25) is 4.79 Å². The van der Waals surface area contributed by atoms with Crippen molar-refractivity contribution in [1.82, 2.24) is 4.90 Å². The minimum Gasteiger partial charge on any atom is -0.347 e. The van der Waals surface area contributed by atoms with Gasteiger partial charge in [0.2, 0.25) is 5.91 Å². The number of thiophene rings is 1. The molecule has 0 radical (unpaired) electrons. The van der Waals surface area contributed by atoms with Gasteiger partial charge in [-0.1, -0.05) is 18.9 Å². The average Bonchev–Trinajstić information content (AvgIpc) is 3.29. The van der Waals surface area contributed by atoms with Crippen LogP contribution in [0.3, 0.4) is 0 Å². The van der Waals surface area contributed by atoms with Gasteiger partial charge in [-0.15, -0.1) is 11.3 Å². The van der Waals surface area contributed by atoms with Gasteiger partial charge in [-0.2, -0.15) is 0 Å². The van der Waals surface area contributed by atoms with Crippen LogP contribution in [0, 0.1) is 0 Å². The van der Waals surface area contributed by atoms with Crippen molar-refractivity contribution in [3.63, 3.8) is 0 Å². The molecule has 0 bridgehead atoms. The molecule has 3 fully saturated rings. The monoisotopic (exact) mass is 321 g/mol. The molecule has 120 valence electrons. The van der Waals surface area contributed by atoms with Gasteiger partial charge in [0.15, 0.2) is 5.79 Å². The fraction of sp³-hybridized carbons (Fsp3) is 0.706. The fourth-order valence-corrected chi connectivity index (χ4v) is 5.21. The smallest absolute Gasteiger partial charge is 0.234 e. The van der Waals surface area contributed by atoms with Gasteiger partial charge >= 0.3 is 0 Å². The first kappa shape index (κ1) is 14.7. The molecular formula is C17H23NO3S. The van der Waals surface area contributed by atoms with Crippen LogP contribution in [0.2, 0.25) is 0 Å². The highest BCUT2D eigenvalue weighted by Gasteiger charge is 2.48. The number of piperidine rings is 1. The summed E-state index contributed by atoms with van der Waals surface area (Å²) in [5, 5.41) is 2.09. The van der Waals surface area contributed by atoms with Crippen LogP contribution in [-0.2, 0) is 19.7 Å². The lowest BCUT2D eigenvalue weighted by atomic mass is 9.82. The maximum atomic E-state index is 13.3. The van der Waals surface area contributed by atoms with Gasteiger partial charge in [0.25, 0.3) is 0 Å². The van der Waals surface area contributed by atoms with Gasteiger partial charge in [0.1, 0.15) is 0 Å². The first-order valence-electron chi connectivity index (χ1n) is 8.36. The third kappa shape index (κ3) is 2.30. The van der Waals surface area contributed by atoms with Crippen LogP contribution in [0.4, 0.5) is 0 Å². The first-order valence-corrected chi connectivity index (χ1v) is 9.23. The Kier molecular flexibility index (Phi) is 3.75. The first-order chi connectivity index (χ1) is 10.7. The van der Waals surface area contributed by atoms with Crippen molar-refractivity contribution < 1.29 is 14.3 Å². The predicted molar refractivity (Wildman–Crippen MR) is 84.9 cm³/mol. The van der Waals surface area contributed by atoms with Crippen LogP contribution in [0.25, 0.3) is 0 Å².